The molecule has 3 amide bonds. The van der Waals surface area contributed by atoms with Gasteiger partial charge in [0.05, 0.1) is 24.5 Å². The van der Waals surface area contributed by atoms with Gasteiger partial charge in [-0.2, -0.15) is 0 Å². The molecule has 2 saturated heterocycles. The Morgan fingerprint density at radius 3 is 2.35 bits per heavy atom. The number of benzene rings is 3. The average molecular weight is 669 g/mol. The molecule has 49 heavy (non-hydrogen) atoms. The standard InChI is InChI=1S/C38H44N4O7/c1-49-32-9-5-4-8-30(32)40-16-18-41(19-17-40)35(46)29(21-25-10-11-26-6-2-3-7-27(26)20-25)39-34(45)31-22-28(43)24-42(31)36(47)38-14-12-37(48,13-15-38)23-33(38)44/h2-11,20,28-29,31,43,48H,12-19,21-24H2,1H3,(H,39,45). The number of aliphatic hydroxyl groups excluding tert-OH is 1. The Morgan fingerprint density at radius 2 is 1.63 bits per heavy atom. The van der Waals surface area contributed by atoms with Crippen molar-refractivity contribution >= 4 is 40.0 Å². The molecule has 8 rings (SSSR count). The first kappa shape index (κ1) is 33.0. The van der Waals surface area contributed by atoms with Gasteiger partial charge in [0.2, 0.25) is 17.7 Å². The number of methoxy groups -OCH3 is 1. The van der Waals surface area contributed by atoms with Crippen LogP contribution in [0.5, 0.6) is 5.75 Å². The molecule has 0 spiro atoms. The summed E-state index contributed by atoms with van der Waals surface area (Å²) in [5, 5.41) is 26.4. The molecule has 2 bridgehead atoms. The number of anilines is 1. The number of likely N-dealkylation sites (tertiary alicyclic amines) is 1. The second-order valence-corrected chi connectivity index (χ2v) is 14.2. The van der Waals surface area contributed by atoms with E-state index >= 15 is 0 Å². The zero-order valence-corrected chi connectivity index (χ0v) is 27.8. The van der Waals surface area contributed by atoms with Crippen molar-refractivity contribution in [1.29, 1.82) is 0 Å². The van der Waals surface area contributed by atoms with E-state index in [0.29, 0.717) is 39.0 Å². The van der Waals surface area contributed by atoms with E-state index in [-0.39, 0.29) is 50.3 Å². The molecule has 5 fully saturated rings. The van der Waals surface area contributed by atoms with Crippen molar-refractivity contribution in [2.24, 2.45) is 5.41 Å². The predicted molar refractivity (Wildman–Crippen MR) is 183 cm³/mol. The highest BCUT2D eigenvalue weighted by Gasteiger charge is 2.60. The highest BCUT2D eigenvalue weighted by molar-refractivity contribution is 6.09. The summed E-state index contributed by atoms with van der Waals surface area (Å²) in [7, 11) is 1.64. The van der Waals surface area contributed by atoms with Crippen LogP contribution < -0.4 is 15.0 Å². The highest BCUT2D eigenvalue weighted by atomic mass is 16.5. The lowest BCUT2D eigenvalue weighted by atomic mass is 9.57. The van der Waals surface area contributed by atoms with Crippen LogP contribution in [0.15, 0.2) is 66.7 Å². The first-order valence-corrected chi connectivity index (χ1v) is 17.3. The van der Waals surface area contributed by atoms with Gasteiger partial charge in [-0.05, 0) is 54.2 Å². The maximum atomic E-state index is 14.3. The number of piperazine rings is 1. The number of nitrogens with zero attached hydrogens (tertiary/aromatic N) is 3. The normalized spacial score (nSPS) is 27.3. The molecule has 258 valence electrons. The molecule has 3 N–H and O–H groups in total. The lowest BCUT2D eigenvalue weighted by molar-refractivity contribution is -0.170. The maximum Gasteiger partial charge on any atom is 0.245 e. The van der Waals surface area contributed by atoms with Crippen LogP contribution in [0, 0.1) is 5.41 Å². The molecule has 3 saturated carbocycles. The third kappa shape index (κ3) is 6.25. The van der Waals surface area contributed by atoms with Gasteiger partial charge in [-0.3, -0.25) is 19.2 Å². The fraction of sp³-hybridized carbons (Fsp3) is 0.474. The molecule has 3 aromatic carbocycles. The Balaban J connectivity index is 1.11. The van der Waals surface area contributed by atoms with Gasteiger partial charge >= 0.3 is 0 Å². The van der Waals surface area contributed by atoms with Crippen molar-refractivity contribution in [3.05, 3.63) is 72.3 Å². The number of para-hydroxylation sites is 2. The van der Waals surface area contributed by atoms with Crippen molar-refractivity contribution in [2.45, 2.75) is 68.7 Å². The number of carbonyl (C=O) groups excluding carboxylic acids is 4. The molecule has 0 aromatic heterocycles. The summed E-state index contributed by atoms with van der Waals surface area (Å²) < 4.78 is 5.55. The van der Waals surface area contributed by atoms with Crippen LogP contribution in [0.25, 0.3) is 10.8 Å². The Morgan fingerprint density at radius 1 is 0.939 bits per heavy atom. The molecule has 3 unspecified atom stereocenters. The number of ketones is 1. The molecule has 3 aromatic rings. The topological polar surface area (TPSA) is 140 Å². The first-order chi connectivity index (χ1) is 23.6. The number of hydrogen-bond acceptors (Lipinski definition) is 8. The van der Waals surface area contributed by atoms with Gasteiger partial charge in [-0.1, -0.05) is 54.6 Å². The molecule has 11 nitrogen and oxygen atoms in total. The smallest absolute Gasteiger partial charge is 0.245 e. The lowest BCUT2D eigenvalue weighted by Gasteiger charge is -2.49. The Hall–Kier alpha value is -4.48. The van der Waals surface area contributed by atoms with Crippen LogP contribution >= 0.6 is 0 Å². The summed E-state index contributed by atoms with van der Waals surface area (Å²) in [4.78, 5) is 60.9. The summed E-state index contributed by atoms with van der Waals surface area (Å²) in [6.07, 6.45) is 0.408. The zero-order valence-electron chi connectivity index (χ0n) is 27.8. The Labute approximate surface area is 285 Å². The third-order valence-corrected chi connectivity index (χ3v) is 11.2. The number of rotatable bonds is 8. The van der Waals surface area contributed by atoms with Crippen LogP contribution in [-0.2, 0) is 25.6 Å². The summed E-state index contributed by atoms with van der Waals surface area (Å²) in [5.74, 6) is -0.732. The molecular weight excluding hydrogens is 624 g/mol. The highest BCUT2D eigenvalue weighted by Crippen LogP contribution is 2.51. The summed E-state index contributed by atoms with van der Waals surface area (Å²) in [6.45, 7) is 2.01. The summed E-state index contributed by atoms with van der Waals surface area (Å²) in [5.41, 5.74) is -0.504. The molecule has 0 radical (unpaired) electrons. The molecular formula is C38H44N4O7. The van der Waals surface area contributed by atoms with E-state index in [1.807, 2.05) is 66.7 Å². The van der Waals surface area contributed by atoms with Crippen LogP contribution in [0.4, 0.5) is 5.69 Å². The van der Waals surface area contributed by atoms with Crippen molar-refractivity contribution in [3.8, 4) is 5.75 Å². The first-order valence-electron chi connectivity index (χ1n) is 17.3. The predicted octanol–water partition coefficient (Wildman–Crippen LogP) is 2.45. The zero-order chi connectivity index (χ0) is 34.3. The van der Waals surface area contributed by atoms with Crippen LogP contribution in [0.2, 0.25) is 0 Å². The number of β-amino-alcohol motifs (C(OH)–C–C–N with tert-alkyl or cyclic N) is 1. The largest absolute Gasteiger partial charge is 0.495 e. The van der Waals surface area contributed by atoms with E-state index < -0.39 is 41.0 Å². The second kappa shape index (κ2) is 13.1. The van der Waals surface area contributed by atoms with Crippen molar-refractivity contribution in [1.82, 2.24) is 15.1 Å². The van der Waals surface area contributed by atoms with Crippen molar-refractivity contribution in [3.63, 3.8) is 0 Å². The number of Topliss-reactive ketones (excluding diaryl/α,β-unsaturated/α-hetero) is 1. The summed E-state index contributed by atoms with van der Waals surface area (Å²) in [6, 6.07) is 19.8. The molecule has 3 atom stereocenters. The fourth-order valence-corrected chi connectivity index (χ4v) is 8.31. The third-order valence-electron chi connectivity index (χ3n) is 11.2. The van der Waals surface area contributed by atoms with Gasteiger partial charge in [-0.25, -0.2) is 0 Å². The molecule has 11 heteroatoms. The van der Waals surface area contributed by atoms with E-state index in [1.54, 1.807) is 12.0 Å². The monoisotopic (exact) mass is 668 g/mol. The quantitative estimate of drug-likeness (QED) is 0.311. The van der Waals surface area contributed by atoms with Crippen LogP contribution in [-0.4, -0.2) is 107 Å². The summed E-state index contributed by atoms with van der Waals surface area (Å²) >= 11 is 0. The Kier molecular flexibility index (Phi) is 8.83. The molecule has 2 heterocycles. The molecule has 5 aliphatic rings. The minimum atomic E-state index is -1.28. The molecule has 3 aliphatic carbocycles. The number of amides is 3. The van der Waals surface area contributed by atoms with Crippen LogP contribution in [0.1, 0.15) is 44.1 Å². The maximum absolute atomic E-state index is 14.3. The van der Waals surface area contributed by atoms with E-state index in [4.69, 9.17) is 4.74 Å². The number of hydrogen-bond donors (Lipinski definition) is 3. The van der Waals surface area contributed by atoms with Crippen molar-refractivity contribution < 1.29 is 34.1 Å². The number of carbonyl (C=O) groups is 4. The minimum Gasteiger partial charge on any atom is -0.495 e. The van der Waals surface area contributed by atoms with E-state index in [0.717, 1.165) is 27.8 Å². The van der Waals surface area contributed by atoms with E-state index in [2.05, 4.69) is 10.2 Å². The number of ether oxygens (including phenoxy) is 1. The SMILES string of the molecule is COc1ccccc1N1CCN(C(=O)C(Cc2ccc3ccccc3c2)NC(=O)C2CC(O)CN2C(=O)C23CCC(O)(CC2)CC3=O)CC1. The van der Waals surface area contributed by atoms with Gasteiger partial charge in [0.15, 0.2) is 5.78 Å². The van der Waals surface area contributed by atoms with Gasteiger partial charge in [0, 0.05) is 52.0 Å². The van der Waals surface area contributed by atoms with Gasteiger partial charge in [-0.15, -0.1) is 0 Å². The van der Waals surface area contributed by atoms with Gasteiger partial charge < -0.3 is 35.0 Å². The minimum absolute atomic E-state index is 0.0141. The number of fused-ring (bicyclic) bond motifs is 4. The van der Waals surface area contributed by atoms with Gasteiger partial charge in [0.1, 0.15) is 23.2 Å². The second-order valence-electron chi connectivity index (χ2n) is 14.2. The molecule has 2 aliphatic heterocycles. The fourth-order valence-electron chi connectivity index (χ4n) is 8.31. The average Bonchev–Trinajstić information content (AvgIpc) is 3.52. The van der Waals surface area contributed by atoms with Crippen LogP contribution in [0.3, 0.4) is 0 Å². The van der Waals surface area contributed by atoms with Crippen molar-refractivity contribution in [2.75, 3.05) is 44.7 Å². The van der Waals surface area contributed by atoms with E-state index in [1.165, 1.54) is 4.90 Å². The number of nitrogens with one attached hydrogen (secondary N) is 1. The number of aliphatic hydroxyl groups is 2. The Bertz CT molecular complexity index is 1760. The van der Waals surface area contributed by atoms with E-state index in [9.17, 15) is 29.4 Å². The lowest BCUT2D eigenvalue weighted by Crippen LogP contribution is -2.62. The van der Waals surface area contributed by atoms with Gasteiger partial charge in [0.25, 0.3) is 0 Å².